The van der Waals surface area contributed by atoms with Crippen molar-refractivity contribution in [2.45, 2.75) is 32.2 Å². The zero-order chi connectivity index (χ0) is 10.9. The highest BCUT2D eigenvalue weighted by Crippen LogP contribution is 2.00. The van der Waals surface area contributed by atoms with Gasteiger partial charge in [-0.25, -0.2) is 0 Å². The van der Waals surface area contributed by atoms with Crippen molar-refractivity contribution in [3.05, 3.63) is 35.9 Å². The molecule has 0 aliphatic rings. The van der Waals surface area contributed by atoms with Crippen LogP contribution in [0.4, 0.5) is 0 Å². The van der Waals surface area contributed by atoms with Crippen LogP contribution in [0.1, 0.15) is 25.3 Å². The molecule has 16 heavy (non-hydrogen) atoms. The Morgan fingerprint density at radius 2 is 1.88 bits per heavy atom. The third-order valence-corrected chi connectivity index (χ3v) is 2.58. The molecule has 0 spiro atoms. The second-order valence-corrected chi connectivity index (χ2v) is 4.12. The predicted octanol–water partition coefficient (Wildman–Crippen LogP) is -2.04. The highest BCUT2D eigenvalue weighted by Gasteiger charge is 2.04. The number of benzene rings is 1. The van der Waals surface area contributed by atoms with E-state index < -0.39 is 0 Å². The minimum Gasteiger partial charge on any atom is -1.00 e. The molecule has 1 aromatic rings. The minimum absolute atomic E-state index is 0. The Morgan fingerprint density at radius 3 is 2.50 bits per heavy atom. The largest absolute Gasteiger partial charge is 1.00 e. The molecule has 0 bridgehead atoms. The number of unbranched alkanes of at least 4 members (excludes halogenated alkanes) is 1. The molecular formula is C13H22ClNO. The van der Waals surface area contributed by atoms with Gasteiger partial charge in [-0.2, -0.15) is 0 Å². The molecule has 0 saturated heterocycles. The summed E-state index contributed by atoms with van der Waals surface area (Å²) in [5, 5.41) is 11.0. The van der Waals surface area contributed by atoms with E-state index in [2.05, 4.69) is 42.6 Å². The van der Waals surface area contributed by atoms with Crippen LogP contribution < -0.4 is 17.7 Å². The minimum atomic E-state index is 0. The lowest BCUT2D eigenvalue weighted by Crippen LogP contribution is -3.00. The predicted molar refractivity (Wildman–Crippen MR) is 62.7 cm³/mol. The summed E-state index contributed by atoms with van der Waals surface area (Å²) in [5.74, 6) is 0. The number of aliphatic hydroxyl groups is 1. The molecular weight excluding hydrogens is 222 g/mol. The van der Waals surface area contributed by atoms with Crippen molar-refractivity contribution in [3.63, 3.8) is 0 Å². The van der Waals surface area contributed by atoms with Crippen molar-refractivity contribution in [1.29, 1.82) is 0 Å². The van der Waals surface area contributed by atoms with Gasteiger partial charge in [0, 0.05) is 13.0 Å². The highest BCUT2D eigenvalue weighted by molar-refractivity contribution is 5.15. The molecule has 0 fully saturated rings. The summed E-state index contributed by atoms with van der Waals surface area (Å²) in [5.41, 5.74) is 1.41. The van der Waals surface area contributed by atoms with Gasteiger partial charge < -0.3 is 22.8 Å². The molecule has 2 nitrogen and oxygen atoms in total. The topological polar surface area (TPSA) is 36.8 Å². The lowest BCUT2D eigenvalue weighted by Gasteiger charge is -2.10. The first-order valence-corrected chi connectivity index (χ1v) is 5.81. The van der Waals surface area contributed by atoms with E-state index in [1.54, 1.807) is 0 Å². The first-order valence-electron chi connectivity index (χ1n) is 5.81. The summed E-state index contributed by atoms with van der Waals surface area (Å²) in [4.78, 5) is 0. The van der Waals surface area contributed by atoms with Crippen LogP contribution in [0.3, 0.4) is 0 Å². The van der Waals surface area contributed by atoms with Gasteiger partial charge in [-0.3, -0.25) is 0 Å². The number of hydrogen-bond acceptors (Lipinski definition) is 1. The van der Waals surface area contributed by atoms with Crippen molar-refractivity contribution in [2.75, 3.05) is 13.2 Å². The molecule has 1 atom stereocenters. The van der Waals surface area contributed by atoms with E-state index in [9.17, 15) is 0 Å². The number of quaternary nitrogens is 1. The van der Waals surface area contributed by atoms with E-state index >= 15 is 0 Å². The summed E-state index contributed by atoms with van der Waals surface area (Å²) in [6.45, 7) is 3.70. The molecule has 0 saturated carbocycles. The molecule has 0 heterocycles. The molecule has 1 aromatic carbocycles. The maximum atomic E-state index is 8.65. The molecule has 1 unspecified atom stereocenters. The van der Waals surface area contributed by atoms with Crippen LogP contribution in [0.2, 0.25) is 0 Å². The van der Waals surface area contributed by atoms with Crippen LogP contribution in [0, 0.1) is 0 Å². The first kappa shape index (κ1) is 15.4. The lowest BCUT2D eigenvalue weighted by molar-refractivity contribution is -0.686. The number of halogens is 1. The maximum Gasteiger partial charge on any atom is 0.0871 e. The fourth-order valence-electron chi connectivity index (χ4n) is 1.73. The number of rotatable bonds is 7. The summed E-state index contributed by atoms with van der Waals surface area (Å²) in [6, 6.07) is 11.2. The quantitative estimate of drug-likeness (QED) is 0.532. The van der Waals surface area contributed by atoms with Gasteiger partial charge in [0.15, 0.2) is 0 Å². The third kappa shape index (κ3) is 6.83. The van der Waals surface area contributed by atoms with Crippen molar-refractivity contribution in [3.8, 4) is 0 Å². The highest BCUT2D eigenvalue weighted by atomic mass is 35.5. The average Bonchev–Trinajstić information content (AvgIpc) is 2.26. The lowest BCUT2D eigenvalue weighted by atomic mass is 10.1. The number of aliphatic hydroxyl groups excluding tert-OH is 1. The SMILES string of the molecule is CC(Cc1ccccc1)[NH2+]CCCCO.[Cl-]. The monoisotopic (exact) mass is 243 g/mol. The smallest absolute Gasteiger partial charge is 0.0871 e. The molecule has 0 radical (unpaired) electrons. The molecule has 92 valence electrons. The second kappa shape index (κ2) is 9.64. The first-order chi connectivity index (χ1) is 7.33. The van der Waals surface area contributed by atoms with Crippen LogP contribution in [0.5, 0.6) is 0 Å². The van der Waals surface area contributed by atoms with Crippen LogP contribution in [-0.4, -0.2) is 24.3 Å². The Hall–Kier alpha value is -0.570. The Kier molecular flexibility index (Phi) is 9.30. The van der Waals surface area contributed by atoms with Gasteiger partial charge in [-0.15, -0.1) is 0 Å². The molecule has 3 heteroatoms. The molecule has 0 aliphatic heterocycles. The van der Waals surface area contributed by atoms with Gasteiger partial charge in [0.05, 0.1) is 12.6 Å². The zero-order valence-electron chi connectivity index (χ0n) is 9.90. The Labute approximate surface area is 104 Å². The van der Waals surface area contributed by atoms with Crippen molar-refractivity contribution in [2.24, 2.45) is 0 Å². The van der Waals surface area contributed by atoms with Gasteiger partial charge in [0.2, 0.25) is 0 Å². The third-order valence-electron chi connectivity index (χ3n) is 2.58. The summed E-state index contributed by atoms with van der Waals surface area (Å²) < 4.78 is 0. The van der Waals surface area contributed by atoms with Crippen molar-refractivity contribution >= 4 is 0 Å². The van der Waals surface area contributed by atoms with E-state index in [0.717, 1.165) is 25.8 Å². The van der Waals surface area contributed by atoms with E-state index in [0.29, 0.717) is 12.6 Å². The standard InChI is InChI=1S/C13H21NO.ClH/c1-12(14-9-5-6-10-15)11-13-7-3-2-4-8-13;/h2-4,7-8,12,14-15H,5-6,9-11H2,1H3;1H. The van der Waals surface area contributed by atoms with Crippen molar-refractivity contribution < 1.29 is 22.8 Å². The van der Waals surface area contributed by atoms with Crippen LogP contribution in [0.25, 0.3) is 0 Å². The molecule has 0 amide bonds. The Bertz CT molecular complexity index is 253. The van der Waals surface area contributed by atoms with Gasteiger partial charge in [0.25, 0.3) is 0 Å². The Morgan fingerprint density at radius 1 is 1.19 bits per heavy atom. The molecule has 3 N–H and O–H groups in total. The van der Waals surface area contributed by atoms with E-state index in [4.69, 9.17) is 5.11 Å². The number of nitrogens with two attached hydrogens (primary N) is 1. The van der Waals surface area contributed by atoms with Crippen LogP contribution in [-0.2, 0) is 6.42 Å². The summed E-state index contributed by atoms with van der Waals surface area (Å²) in [6.07, 6.45) is 3.16. The zero-order valence-corrected chi connectivity index (χ0v) is 10.7. The summed E-state index contributed by atoms with van der Waals surface area (Å²) in [7, 11) is 0. The average molecular weight is 244 g/mol. The van der Waals surface area contributed by atoms with Gasteiger partial charge in [0.1, 0.15) is 0 Å². The van der Waals surface area contributed by atoms with E-state index in [1.807, 2.05) is 0 Å². The Balaban J connectivity index is 0.00000225. The fourth-order valence-corrected chi connectivity index (χ4v) is 1.73. The number of hydrogen-bond donors (Lipinski definition) is 2. The second-order valence-electron chi connectivity index (χ2n) is 4.12. The molecule has 1 rings (SSSR count). The normalized spacial score (nSPS) is 11.9. The van der Waals surface area contributed by atoms with Crippen molar-refractivity contribution in [1.82, 2.24) is 0 Å². The van der Waals surface area contributed by atoms with Gasteiger partial charge in [-0.05, 0) is 25.3 Å². The maximum absolute atomic E-state index is 8.65. The van der Waals surface area contributed by atoms with Gasteiger partial charge >= 0.3 is 0 Å². The van der Waals surface area contributed by atoms with E-state index in [1.165, 1.54) is 5.56 Å². The van der Waals surface area contributed by atoms with Crippen LogP contribution in [0.15, 0.2) is 30.3 Å². The molecule has 0 aromatic heterocycles. The fraction of sp³-hybridized carbons (Fsp3) is 0.538. The van der Waals surface area contributed by atoms with Crippen LogP contribution >= 0.6 is 0 Å². The summed E-state index contributed by atoms with van der Waals surface area (Å²) >= 11 is 0. The van der Waals surface area contributed by atoms with Gasteiger partial charge in [-0.1, -0.05) is 30.3 Å². The van der Waals surface area contributed by atoms with E-state index in [-0.39, 0.29) is 12.4 Å². The molecule has 0 aliphatic carbocycles.